The fourth-order valence-electron chi connectivity index (χ4n) is 3.95. The van der Waals surface area contributed by atoms with Gasteiger partial charge in [-0.05, 0) is 69.3 Å². The Labute approximate surface area is 163 Å². The number of rotatable bonds is 5. The molecule has 0 aromatic heterocycles. The molecule has 1 aromatic carbocycles. The van der Waals surface area contributed by atoms with E-state index in [-0.39, 0.29) is 11.9 Å². The highest BCUT2D eigenvalue weighted by Gasteiger charge is 2.27. The van der Waals surface area contributed by atoms with Gasteiger partial charge in [0.25, 0.3) is 0 Å². The molecule has 2 aliphatic rings. The summed E-state index contributed by atoms with van der Waals surface area (Å²) < 4.78 is 27.0. The number of carbonyl (C=O) groups excluding carboxylic acids is 1. The SMILES string of the molecule is C[C@H]1CCCN([C@@H](C)C(=O)Nc2ccc(S(=O)(=O)N3CCCCC3)cc2)C1. The Balaban J connectivity index is 1.62. The summed E-state index contributed by atoms with van der Waals surface area (Å²) in [6, 6.07) is 6.35. The van der Waals surface area contributed by atoms with E-state index in [1.165, 1.54) is 6.42 Å². The van der Waals surface area contributed by atoms with Crippen LogP contribution < -0.4 is 5.32 Å². The van der Waals surface area contributed by atoms with Gasteiger partial charge in [-0.15, -0.1) is 0 Å². The monoisotopic (exact) mass is 393 g/mol. The number of hydrogen-bond donors (Lipinski definition) is 1. The number of anilines is 1. The van der Waals surface area contributed by atoms with Gasteiger partial charge in [0, 0.05) is 25.3 Å². The molecule has 1 aromatic rings. The molecule has 27 heavy (non-hydrogen) atoms. The van der Waals surface area contributed by atoms with E-state index in [4.69, 9.17) is 0 Å². The summed E-state index contributed by atoms with van der Waals surface area (Å²) in [5.41, 5.74) is 0.634. The van der Waals surface area contributed by atoms with Crippen molar-refractivity contribution in [1.29, 1.82) is 0 Å². The number of sulfonamides is 1. The summed E-state index contributed by atoms with van der Waals surface area (Å²) in [6.07, 6.45) is 5.27. The molecule has 0 spiro atoms. The lowest BCUT2D eigenvalue weighted by Gasteiger charge is -2.34. The molecule has 6 nitrogen and oxygen atoms in total. The Morgan fingerprint density at radius 3 is 2.37 bits per heavy atom. The third-order valence-electron chi connectivity index (χ3n) is 5.69. The van der Waals surface area contributed by atoms with Gasteiger partial charge < -0.3 is 5.32 Å². The maximum atomic E-state index is 12.7. The van der Waals surface area contributed by atoms with Crippen molar-refractivity contribution in [1.82, 2.24) is 9.21 Å². The largest absolute Gasteiger partial charge is 0.325 e. The van der Waals surface area contributed by atoms with Crippen molar-refractivity contribution < 1.29 is 13.2 Å². The van der Waals surface area contributed by atoms with E-state index in [1.54, 1.807) is 28.6 Å². The summed E-state index contributed by atoms with van der Waals surface area (Å²) >= 11 is 0. The van der Waals surface area contributed by atoms with E-state index >= 15 is 0 Å². The van der Waals surface area contributed by atoms with E-state index in [0.29, 0.717) is 29.6 Å². The summed E-state index contributed by atoms with van der Waals surface area (Å²) in [5, 5.41) is 2.92. The molecule has 1 N–H and O–H groups in total. The molecule has 2 aliphatic heterocycles. The van der Waals surface area contributed by atoms with Crippen LogP contribution in [0.3, 0.4) is 0 Å². The van der Waals surface area contributed by atoms with Crippen LogP contribution in [-0.2, 0) is 14.8 Å². The first-order valence-electron chi connectivity index (χ1n) is 10.0. The molecule has 3 rings (SSSR count). The molecule has 150 valence electrons. The number of nitrogens with zero attached hydrogens (tertiary/aromatic N) is 2. The lowest BCUT2D eigenvalue weighted by atomic mass is 9.99. The van der Waals surface area contributed by atoms with Crippen molar-refractivity contribution in [2.75, 3.05) is 31.5 Å². The predicted molar refractivity (Wildman–Crippen MR) is 107 cm³/mol. The third-order valence-corrected chi connectivity index (χ3v) is 7.60. The van der Waals surface area contributed by atoms with E-state index in [0.717, 1.165) is 38.8 Å². The van der Waals surface area contributed by atoms with Crippen molar-refractivity contribution in [3.05, 3.63) is 24.3 Å². The number of amides is 1. The highest BCUT2D eigenvalue weighted by Crippen LogP contribution is 2.23. The molecule has 0 radical (unpaired) electrons. The minimum absolute atomic E-state index is 0.0456. The third kappa shape index (κ3) is 4.89. The van der Waals surface area contributed by atoms with Crippen LogP contribution in [0.5, 0.6) is 0 Å². The van der Waals surface area contributed by atoms with Crippen LogP contribution in [0.25, 0.3) is 0 Å². The molecule has 2 saturated heterocycles. The molecule has 0 bridgehead atoms. The molecular weight excluding hydrogens is 362 g/mol. The number of nitrogens with one attached hydrogen (secondary N) is 1. The van der Waals surface area contributed by atoms with Crippen LogP contribution in [-0.4, -0.2) is 55.8 Å². The second-order valence-corrected chi connectivity index (χ2v) is 9.83. The van der Waals surface area contributed by atoms with Crippen molar-refractivity contribution in [3.8, 4) is 0 Å². The fourth-order valence-corrected chi connectivity index (χ4v) is 5.47. The second-order valence-electron chi connectivity index (χ2n) is 7.90. The second kappa shape index (κ2) is 8.71. The van der Waals surface area contributed by atoms with Gasteiger partial charge in [-0.25, -0.2) is 8.42 Å². The van der Waals surface area contributed by atoms with Crippen LogP contribution in [0.4, 0.5) is 5.69 Å². The number of carbonyl (C=O) groups is 1. The van der Waals surface area contributed by atoms with Crippen LogP contribution in [0.15, 0.2) is 29.2 Å². The Morgan fingerprint density at radius 1 is 1.07 bits per heavy atom. The Morgan fingerprint density at radius 2 is 1.74 bits per heavy atom. The number of benzene rings is 1. The van der Waals surface area contributed by atoms with Gasteiger partial charge in [0.15, 0.2) is 0 Å². The van der Waals surface area contributed by atoms with Crippen LogP contribution in [0.2, 0.25) is 0 Å². The van der Waals surface area contributed by atoms with Crippen molar-refractivity contribution in [2.24, 2.45) is 5.92 Å². The quantitative estimate of drug-likeness (QED) is 0.835. The van der Waals surface area contributed by atoms with E-state index in [9.17, 15) is 13.2 Å². The smallest absolute Gasteiger partial charge is 0.243 e. The minimum Gasteiger partial charge on any atom is -0.325 e. The highest BCUT2D eigenvalue weighted by molar-refractivity contribution is 7.89. The molecule has 2 atom stereocenters. The summed E-state index contributed by atoms with van der Waals surface area (Å²) in [4.78, 5) is 15.1. The molecule has 0 saturated carbocycles. The van der Waals surface area contributed by atoms with E-state index in [2.05, 4.69) is 17.1 Å². The number of piperidine rings is 2. The van der Waals surface area contributed by atoms with Crippen molar-refractivity contribution in [2.45, 2.75) is 56.9 Å². The zero-order chi connectivity index (χ0) is 19.4. The van der Waals surface area contributed by atoms with Crippen molar-refractivity contribution in [3.63, 3.8) is 0 Å². The Kier molecular flexibility index (Phi) is 6.55. The standard InChI is InChI=1S/C20H31N3O3S/c1-16-7-6-12-22(15-16)17(2)20(24)21-18-8-10-19(11-9-18)27(25,26)23-13-4-3-5-14-23/h8-11,16-17H,3-7,12-15H2,1-2H3,(H,21,24)/t16-,17-/m0/s1. The van der Waals surface area contributed by atoms with Gasteiger partial charge >= 0.3 is 0 Å². The lowest BCUT2D eigenvalue weighted by molar-refractivity contribution is -0.121. The van der Waals surface area contributed by atoms with Crippen molar-refractivity contribution >= 4 is 21.6 Å². The average molecular weight is 394 g/mol. The first kappa shape index (κ1) is 20.3. The fraction of sp³-hybridized carbons (Fsp3) is 0.650. The zero-order valence-corrected chi connectivity index (χ0v) is 17.2. The molecule has 7 heteroatoms. The molecule has 2 heterocycles. The summed E-state index contributed by atoms with van der Waals surface area (Å²) in [6.45, 7) is 7.23. The average Bonchev–Trinajstić information content (AvgIpc) is 2.68. The summed E-state index contributed by atoms with van der Waals surface area (Å²) in [5.74, 6) is 0.573. The van der Waals surface area contributed by atoms with Crippen LogP contribution >= 0.6 is 0 Å². The van der Waals surface area contributed by atoms with E-state index < -0.39 is 10.0 Å². The molecular formula is C20H31N3O3S. The predicted octanol–water partition coefficient (Wildman–Crippen LogP) is 2.92. The maximum Gasteiger partial charge on any atom is 0.243 e. The van der Waals surface area contributed by atoms with Crippen LogP contribution in [0.1, 0.15) is 46.0 Å². The van der Waals surface area contributed by atoms with Gasteiger partial charge in [-0.3, -0.25) is 9.69 Å². The highest BCUT2D eigenvalue weighted by atomic mass is 32.2. The van der Waals surface area contributed by atoms with Gasteiger partial charge in [0.1, 0.15) is 0 Å². The van der Waals surface area contributed by atoms with Gasteiger partial charge in [0.2, 0.25) is 15.9 Å². The van der Waals surface area contributed by atoms with Gasteiger partial charge in [-0.1, -0.05) is 13.3 Å². The molecule has 0 aliphatic carbocycles. The first-order chi connectivity index (χ1) is 12.9. The maximum absolute atomic E-state index is 12.7. The normalized spacial score (nSPS) is 23.7. The molecule has 1 amide bonds. The van der Waals surface area contributed by atoms with Gasteiger partial charge in [0.05, 0.1) is 10.9 Å². The summed E-state index contributed by atoms with van der Waals surface area (Å²) in [7, 11) is -3.43. The first-order valence-corrected chi connectivity index (χ1v) is 11.5. The Hall–Kier alpha value is -1.44. The van der Waals surface area contributed by atoms with Gasteiger partial charge in [-0.2, -0.15) is 4.31 Å². The number of hydrogen-bond acceptors (Lipinski definition) is 4. The molecule has 0 unspecified atom stereocenters. The zero-order valence-electron chi connectivity index (χ0n) is 16.4. The topological polar surface area (TPSA) is 69.7 Å². The number of likely N-dealkylation sites (tertiary alicyclic amines) is 1. The molecule has 2 fully saturated rings. The Bertz CT molecular complexity index is 742. The minimum atomic E-state index is -3.43. The van der Waals surface area contributed by atoms with E-state index in [1.807, 2.05) is 6.92 Å². The lowest BCUT2D eigenvalue weighted by Crippen LogP contribution is -2.46. The van der Waals surface area contributed by atoms with Crippen LogP contribution in [0, 0.1) is 5.92 Å².